The first-order valence-electron chi connectivity index (χ1n) is 5.64. The lowest BCUT2D eigenvalue weighted by molar-refractivity contribution is 0.593. The van der Waals surface area contributed by atoms with E-state index >= 15 is 0 Å². The summed E-state index contributed by atoms with van der Waals surface area (Å²) in [6.45, 7) is 5.54. The normalized spacial score (nSPS) is 12.3. The summed E-state index contributed by atoms with van der Waals surface area (Å²) in [5, 5.41) is 3.44. The van der Waals surface area contributed by atoms with E-state index in [0.29, 0.717) is 0 Å². The maximum absolute atomic E-state index is 3.44. The van der Waals surface area contributed by atoms with Gasteiger partial charge in [-0.05, 0) is 30.2 Å². The molecule has 1 atom stereocenters. The molecule has 0 fully saturated rings. The summed E-state index contributed by atoms with van der Waals surface area (Å²) in [6, 6.07) is 8.55. The van der Waals surface area contributed by atoms with Gasteiger partial charge >= 0.3 is 0 Å². The van der Waals surface area contributed by atoms with Crippen LogP contribution in [0.25, 0.3) is 0 Å². The lowest BCUT2D eigenvalue weighted by atomic mass is 10.1. The van der Waals surface area contributed by atoms with Crippen LogP contribution in [-0.2, 0) is 0 Å². The van der Waals surface area contributed by atoms with Crippen molar-refractivity contribution in [3.8, 4) is 0 Å². The Kier molecular flexibility index (Phi) is 4.47. The van der Waals surface area contributed by atoms with Crippen molar-refractivity contribution in [3.05, 3.63) is 24.3 Å². The molecule has 0 saturated heterocycles. The Morgan fingerprint density at radius 2 is 1.80 bits per heavy atom. The molecule has 0 aromatic heterocycles. The minimum atomic E-state index is 0.735. The van der Waals surface area contributed by atoms with Crippen LogP contribution in [-0.4, -0.2) is 20.6 Å². The summed E-state index contributed by atoms with van der Waals surface area (Å²) < 4.78 is 0. The monoisotopic (exact) mass is 206 g/mol. The Morgan fingerprint density at radius 1 is 1.20 bits per heavy atom. The lowest BCUT2D eigenvalue weighted by Crippen LogP contribution is -2.11. The quantitative estimate of drug-likeness (QED) is 0.796. The predicted octanol–water partition coefficient (Wildman–Crippen LogP) is 3.21. The Morgan fingerprint density at radius 3 is 2.27 bits per heavy atom. The van der Waals surface area contributed by atoms with Crippen LogP contribution in [0.5, 0.6) is 0 Å². The van der Waals surface area contributed by atoms with E-state index in [0.717, 1.165) is 12.5 Å². The van der Waals surface area contributed by atoms with Crippen LogP contribution in [0.4, 0.5) is 11.4 Å². The summed E-state index contributed by atoms with van der Waals surface area (Å²) in [5.74, 6) is 0.735. The smallest absolute Gasteiger partial charge is 0.0362 e. The highest BCUT2D eigenvalue weighted by Crippen LogP contribution is 2.16. The first kappa shape index (κ1) is 11.9. The van der Waals surface area contributed by atoms with Crippen LogP contribution < -0.4 is 10.2 Å². The van der Waals surface area contributed by atoms with Crippen molar-refractivity contribution in [1.82, 2.24) is 0 Å². The van der Waals surface area contributed by atoms with Gasteiger partial charge in [-0.25, -0.2) is 0 Å². The molecule has 0 bridgehead atoms. The molecule has 1 aromatic rings. The summed E-state index contributed by atoms with van der Waals surface area (Å²) in [4.78, 5) is 2.11. The highest BCUT2D eigenvalue weighted by Gasteiger charge is 1.99. The summed E-state index contributed by atoms with van der Waals surface area (Å²) in [6.07, 6.45) is 1.22. The third kappa shape index (κ3) is 3.82. The number of anilines is 2. The van der Waals surface area contributed by atoms with Crippen molar-refractivity contribution >= 4 is 11.4 Å². The fourth-order valence-electron chi connectivity index (χ4n) is 1.31. The van der Waals surface area contributed by atoms with Crippen LogP contribution in [0.2, 0.25) is 0 Å². The van der Waals surface area contributed by atoms with Gasteiger partial charge in [-0.1, -0.05) is 20.3 Å². The number of nitrogens with zero attached hydrogens (tertiary/aromatic N) is 1. The van der Waals surface area contributed by atoms with Gasteiger partial charge in [-0.3, -0.25) is 0 Å². The Hall–Kier alpha value is -1.18. The molecule has 15 heavy (non-hydrogen) atoms. The zero-order chi connectivity index (χ0) is 11.3. The van der Waals surface area contributed by atoms with Gasteiger partial charge in [0.05, 0.1) is 0 Å². The average molecular weight is 206 g/mol. The van der Waals surface area contributed by atoms with Crippen LogP contribution >= 0.6 is 0 Å². The van der Waals surface area contributed by atoms with Crippen molar-refractivity contribution in [2.75, 3.05) is 30.9 Å². The van der Waals surface area contributed by atoms with Crippen LogP contribution in [0.1, 0.15) is 20.3 Å². The van der Waals surface area contributed by atoms with Gasteiger partial charge in [0.25, 0.3) is 0 Å². The molecule has 1 rings (SSSR count). The third-order valence-electron chi connectivity index (χ3n) is 2.74. The standard InChI is InChI=1S/C13H22N2/c1-5-11(2)10-14-12-6-8-13(9-7-12)15(3)4/h6-9,11,14H,5,10H2,1-4H3. The molecule has 0 aliphatic rings. The van der Waals surface area contributed by atoms with Gasteiger partial charge in [0.1, 0.15) is 0 Å². The number of benzene rings is 1. The molecule has 2 heteroatoms. The molecule has 0 aliphatic heterocycles. The topological polar surface area (TPSA) is 15.3 Å². The second kappa shape index (κ2) is 5.64. The molecular formula is C13H22N2. The van der Waals surface area contributed by atoms with Crippen LogP contribution in [0.15, 0.2) is 24.3 Å². The van der Waals surface area contributed by atoms with E-state index in [9.17, 15) is 0 Å². The molecule has 1 N–H and O–H groups in total. The van der Waals surface area contributed by atoms with Crippen molar-refractivity contribution in [2.45, 2.75) is 20.3 Å². The van der Waals surface area contributed by atoms with Gasteiger partial charge in [0.15, 0.2) is 0 Å². The maximum atomic E-state index is 3.44. The largest absolute Gasteiger partial charge is 0.385 e. The summed E-state index contributed by atoms with van der Waals surface area (Å²) in [7, 11) is 4.11. The molecule has 0 radical (unpaired) electrons. The number of hydrogen-bond donors (Lipinski definition) is 1. The predicted molar refractivity (Wildman–Crippen MR) is 68.7 cm³/mol. The van der Waals surface area contributed by atoms with Crippen molar-refractivity contribution < 1.29 is 0 Å². The minimum Gasteiger partial charge on any atom is -0.385 e. The van der Waals surface area contributed by atoms with Gasteiger partial charge < -0.3 is 10.2 Å². The summed E-state index contributed by atoms with van der Waals surface area (Å²) in [5.41, 5.74) is 2.45. The minimum absolute atomic E-state index is 0.735. The van der Waals surface area contributed by atoms with Gasteiger partial charge in [-0.2, -0.15) is 0 Å². The first-order chi connectivity index (χ1) is 7.13. The second-order valence-corrected chi connectivity index (χ2v) is 4.34. The molecule has 0 aliphatic carbocycles. The lowest BCUT2D eigenvalue weighted by Gasteiger charge is -2.14. The molecule has 1 aromatic carbocycles. The average Bonchev–Trinajstić information content (AvgIpc) is 2.26. The highest BCUT2D eigenvalue weighted by molar-refractivity contribution is 5.54. The van der Waals surface area contributed by atoms with E-state index in [1.165, 1.54) is 17.8 Å². The van der Waals surface area contributed by atoms with Gasteiger partial charge in [-0.15, -0.1) is 0 Å². The van der Waals surface area contributed by atoms with E-state index in [2.05, 4.69) is 62.4 Å². The fourth-order valence-corrected chi connectivity index (χ4v) is 1.31. The second-order valence-electron chi connectivity index (χ2n) is 4.34. The maximum Gasteiger partial charge on any atom is 0.0362 e. The Labute approximate surface area is 93.3 Å². The molecule has 2 nitrogen and oxygen atoms in total. The molecule has 1 unspecified atom stereocenters. The molecular weight excluding hydrogens is 184 g/mol. The van der Waals surface area contributed by atoms with Crippen LogP contribution in [0, 0.1) is 5.92 Å². The molecule has 0 spiro atoms. The Balaban J connectivity index is 2.50. The third-order valence-corrected chi connectivity index (χ3v) is 2.74. The van der Waals surface area contributed by atoms with E-state index < -0.39 is 0 Å². The highest BCUT2D eigenvalue weighted by atomic mass is 15.1. The zero-order valence-electron chi connectivity index (χ0n) is 10.2. The number of nitrogens with one attached hydrogen (secondary N) is 1. The SMILES string of the molecule is CCC(C)CNc1ccc(N(C)C)cc1. The van der Waals surface area contributed by atoms with Gasteiger partial charge in [0, 0.05) is 32.0 Å². The molecule has 0 amide bonds. The summed E-state index contributed by atoms with van der Waals surface area (Å²) >= 11 is 0. The Bertz CT molecular complexity index is 277. The first-order valence-corrected chi connectivity index (χ1v) is 5.64. The van der Waals surface area contributed by atoms with Gasteiger partial charge in [0.2, 0.25) is 0 Å². The van der Waals surface area contributed by atoms with E-state index in [4.69, 9.17) is 0 Å². The van der Waals surface area contributed by atoms with Crippen LogP contribution in [0.3, 0.4) is 0 Å². The van der Waals surface area contributed by atoms with E-state index in [1.807, 2.05) is 0 Å². The number of hydrogen-bond acceptors (Lipinski definition) is 2. The van der Waals surface area contributed by atoms with Crippen molar-refractivity contribution in [1.29, 1.82) is 0 Å². The van der Waals surface area contributed by atoms with E-state index in [-0.39, 0.29) is 0 Å². The molecule has 0 saturated carbocycles. The van der Waals surface area contributed by atoms with Crippen molar-refractivity contribution in [2.24, 2.45) is 5.92 Å². The molecule has 84 valence electrons. The van der Waals surface area contributed by atoms with E-state index in [1.54, 1.807) is 0 Å². The zero-order valence-corrected chi connectivity index (χ0v) is 10.2. The molecule has 0 heterocycles. The number of rotatable bonds is 5. The fraction of sp³-hybridized carbons (Fsp3) is 0.538. The van der Waals surface area contributed by atoms with Crippen molar-refractivity contribution in [3.63, 3.8) is 0 Å².